The minimum absolute atomic E-state index is 0.287. The topological polar surface area (TPSA) is 74.2 Å². The summed E-state index contributed by atoms with van der Waals surface area (Å²) in [6.07, 6.45) is 0.706. The van der Waals surface area contributed by atoms with Gasteiger partial charge in [0, 0.05) is 4.11 Å². The number of carbonyl (C=O) groups excluding carboxylic acids is 2. The molecule has 0 unspecified atom stereocenters. The normalized spacial score (nSPS) is 14.6. The Kier molecular flexibility index (Phi) is 4.33. The van der Waals surface area contributed by atoms with E-state index < -0.39 is 24.5 Å². The van der Waals surface area contributed by atoms with E-state index in [4.69, 9.17) is 8.95 Å². The maximum absolute atomic E-state index is 11.5. The van der Waals surface area contributed by atoms with Gasteiger partial charge in [0.25, 0.3) is 0 Å². The number of oxime groups is 1. The zero-order chi connectivity index (χ0) is 17.5. The van der Waals surface area contributed by atoms with Gasteiger partial charge >= 0.3 is 11.9 Å². The van der Waals surface area contributed by atoms with Crippen LogP contribution in [0.5, 0.6) is 0 Å². The third-order valence-electron chi connectivity index (χ3n) is 2.12. The Morgan fingerprint density at radius 3 is 2.45 bits per heavy atom. The first-order valence-electron chi connectivity index (χ1n) is 6.98. The van der Waals surface area contributed by atoms with Crippen molar-refractivity contribution in [3.63, 3.8) is 0 Å². The van der Waals surface area contributed by atoms with Crippen LogP contribution in [0.25, 0.3) is 0 Å². The van der Waals surface area contributed by atoms with Crippen LogP contribution in [0.2, 0.25) is 0 Å². The monoisotopic (exact) mass is 280 g/mol. The maximum atomic E-state index is 11.5. The van der Waals surface area contributed by atoms with E-state index in [0.717, 1.165) is 14.2 Å². The standard InChI is InChI=1S/C14H15NO5/c1-10(11-7-5-4-6-8-11)15-20-12(14(17)19-3)9-13(16)18-2/h4-9H,1-3H3/b12-9-,15-10+/i1D3. The Hall–Kier alpha value is -2.63. The summed E-state index contributed by atoms with van der Waals surface area (Å²) in [5, 5.41) is 3.50. The van der Waals surface area contributed by atoms with Gasteiger partial charge in [-0.3, -0.25) is 0 Å². The number of hydrogen-bond acceptors (Lipinski definition) is 6. The molecule has 0 bridgehead atoms. The fourth-order valence-corrected chi connectivity index (χ4v) is 1.13. The van der Waals surface area contributed by atoms with Crippen LogP contribution in [-0.2, 0) is 23.9 Å². The molecule has 0 fully saturated rings. The molecule has 0 saturated carbocycles. The average molecular weight is 280 g/mol. The molecule has 0 aromatic heterocycles. The number of rotatable bonds is 5. The number of carbonyl (C=O) groups is 2. The minimum atomic E-state index is -2.59. The summed E-state index contributed by atoms with van der Waals surface area (Å²) >= 11 is 0. The molecule has 1 aromatic rings. The first-order valence-corrected chi connectivity index (χ1v) is 5.48. The Labute approximate surface area is 120 Å². The second-order valence-corrected chi connectivity index (χ2v) is 3.42. The second-order valence-electron chi connectivity index (χ2n) is 3.42. The van der Waals surface area contributed by atoms with Crippen LogP contribution in [0.4, 0.5) is 0 Å². The summed E-state index contributed by atoms with van der Waals surface area (Å²) in [4.78, 5) is 27.6. The predicted octanol–water partition coefficient (Wildman–Crippen LogP) is 1.66. The molecule has 6 heteroatoms. The van der Waals surface area contributed by atoms with Crippen LogP contribution >= 0.6 is 0 Å². The van der Waals surface area contributed by atoms with E-state index in [2.05, 4.69) is 14.6 Å². The molecular formula is C14H15NO5. The quantitative estimate of drug-likeness (QED) is 0.269. The summed E-state index contributed by atoms with van der Waals surface area (Å²) in [6.45, 7) is -2.59. The van der Waals surface area contributed by atoms with Crippen LogP contribution in [0.3, 0.4) is 0 Å². The molecule has 106 valence electrons. The molecule has 6 nitrogen and oxygen atoms in total. The number of esters is 2. The highest BCUT2D eigenvalue weighted by Crippen LogP contribution is 2.06. The lowest BCUT2D eigenvalue weighted by molar-refractivity contribution is -0.142. The third kappa shape index (κ3) is 4.56. The number of methoxy groups -OCH3 is 2. The summed E-state index contributed by atoms with van der Waals surface area (Å²) in [5.74, 6) is -2.48. The number of ether oxygens (including phenoxy) is 2. The van der Waals surface area contributed by atoms with Gasteiger partial charge in [0.05, 0.1) is 26.0 Å². The van der Waals surface area contributed by atoms with Gasteiger partial charge < -0.3 is 14.3 Å². The fourth-order valence-electron chi connectivity index (χ4n) is 1.13. The molecule has 20 heavy (non-hydrogen) atoms. The van der Waals surface area contributed by atoms with Gasteiger partial charge in [-0.15, -0.1) is 0 Å². The highest BCUT2D eigenvalue weighted by Gasteiger charge is 2.15. The van der Waals surface area contributed by atoms with E-state index in [-0.39, 0.29) is 11.3 Å². The number of nitrogens with zero attached hydrogens (tertiary/aromatic N) is 1. The lowest BCUT2D eigenvalue weighted by Gasteiger charge is -2.04. The van der Waals surface area contributed by atoms with E-state index in [1.807, 2.05) is 0 Å². The first-order chi connectivity index (χ1) is 10.8. The Morgan fingerprint density at radius 1 is 1.20 bits per heavy atom. The van der Waals surface area contributed by atoms with Gasteiger partial charge in [0.2, 0.25) is 5.76 Å². The van der Waals surface area contributed by atoms with Gasteiger partial charge in [0.15, 0.2) is 0 Å². The van der Waals surface area contributed by atoms with Crippen LogP contribution in [-0.4, -0.2) is 31.9 Å². The zero-order valence-corrected chi connectivity index (χ0v) is 11.0. The molecule has 0 N–H and O–H groups in total. The van der Waals surface area contributed by atoms with Crippen LogP contribution in [0, 0.1) is 0 Å². The molecule has 0 aliphatic heterocycles. The summed E-state index contributed by atoms with van der Waals surface area (Å²) in [6, 6.07) is 8.01. The lowest BCUT2D eigenvalue weighted by Crippen LogP contribution is -2.10. The molecule has 0 heterocycles. The molecule has 0 aliphatic carbocycles. The van der Waals surface area contributed by atoms with Crippen molar-refractivity contribution in [1.29, 1.82) is 0 Å². The molecule has 0 saturated heterocycles. The molecular weight excluding hydrogens is 262 g/mol. The number of hydrogen-bond donors (Lipinski definition) is 0. The largest absolute Gasteiger partial charge is 0.466 e. The van der Waals surface area contributed by atoms with Crippen LogP contribution in [0.15, 0.2) is 47.3 Å². The summed E-state index contributed by atoms with van der Waals surface area (Å²) in [7, 11) is 2.18. The fraction of sp³-hybridized carbons (Fsp3) is 0.214. The van der Waals surface area contributed by atoms with Crippen LogP contribution in [0.1, 0.15) is 16.5 Å². The van der Waals surface area contributed by atoms with Crippen molar-refractivity contribution < 1.29 is 28.0 Å². The molecule has 0 aliphatic rings. The molecule has 0 radical (unpaired) electrons. The summed E-state index contributed by atoms with van der Waals surface area (Å²) in [5.41, 5.74) is -0.0902. The van der Waals surface area contributed by atoms with Crippen molar-refractivity contribution in [3.8, 4) is 0 Å². The second kappa shape index (κ2) is 7.73. The molecule has 1 rings (SSSR count). The van der Waals surface area contributed by atoms with Crippen molar-refractivity contribution >= 4 is 17.7 Å². The highest BCUT2D eigenvalue weighted by molar-refractivity contribution is 5.99. The Balaban J connectivity index is 3.18. The van der Waals surface area contributed by atoms with Crippen molar-refractivity contribution in [3.05, 3.63) is 47.7 Å². The highest BCUT2D eigenvalue weighted by atomic mass is 16.7. The predicted molar refractivity (Wildman–Crippen MR) is 71.9 cm³/mol. The molecule has 0 amide bonds. The number of benzene rings is 1. The minimum Gasteiger partial charge on any atom is -0.466 e. The molecule has 1 aromatic carbocycles. The third-order valence-corrected chi connectivity index (χ3v) is 2.12. The lowest BCUT2D eigenvalue weighted by atomic mass is 10.1. The zero-order valence-electron chi connectivity index (χ0n) is 14.0. The SMILES string of the molecule is [2H]C([2H])([2H])/C(=N\O/C(=C\C(=O)OC)C(=O)OC)c1ccccc1. The van der Waals surface area contributed by atoms with E-state index in [1.54, 1.807) is 18.2 Å². The molecule has 0 atom stereocenters. The van der Waals surface area contributed by atoms with Gasteiger partial charge in [-0.25, -0.2) is 9.59 Å². The average Bonchev–Trinajstić information content (AvgIpc) is 2.52. The Morgan fingerprint density at radius 2 is 1.90 bits per heavy atom. The van der Waals surface area contributed by atoms with Gasteiger partial charge in [-0.05, 0) is 12.4 Å². The van der Waals surface area contributed by atoms with Crippen molar-refractivity contribution in [1.82, 2.24) is 0 Å². The van der Waals surface area contributed by atoms with Gasteiger partial charge in [-0.1, -0.05) is 35.5 Å². The van der Waals surface area contributed by atoms with Gasteiger partial charge in [-0.2, -0.15) is 0 Å². The maximum Gasteiger partial charge on any atom is 0.377 e. The van der Waals surface area contributed by atoms with E-state index in [1.165, 1.54) is 12.1 Å². The van der Waals surface area contributed by atoms with E-state index >= 15 is 0 Å². The van der Waals surface area contributed by atoms with Crippen LogP contribution < -0.4 is 0 Å². The van der Waals surface area contributed by atoms with Crippen molar-refractivity contribution in [2.75, 3.05) is 14.2 Å². The Bertz CT molecular complexity index is 623. The molecule has 0 spiro atoms. The van der Waals surface area contributed by atoms with Gasteiger partial charge in [0.1, 0.15) is 0 Å². The van der Waals surface area contributed by atoms with Crippen molar-refractivity contribution in [2.45, 2.75) is 6.85 Å². The summed E-state index contributed by atoms with van der Waals surface area (Å²) < 4.78 is 31.3. The van der Waals surface area contributed by atoms with Crippen molar-refractivity contribution in [2.24, 2.45) is 5.16 Å². The van der Waals surface area contributed by atoms with E-state index in [9.17, 15) is 9.59 Å². The van der Waals surface area contributed by atoms with E-state index in [0.29, 0.717) is 6.08 Å². The smallest absolute Gasteiger partial charge is 0.377 e. The first kappa shape index (κ1) is 11.2.